The number of benzene rings is 1. The number of pyridine rings is 1. The van der Waals surface area contributed by atoms with Gasteiger partial charge in [0.1, 0.15) is 11.6 Å². The molecule has 1 saturated carbocycles. The predicted molar refractivity (Wildman–Crippen MR) is 142 cm³/mol. The number of hydrogen-bond donors (Lipinski definition) is 4. The molecule has 0 radical (unpaired) electrons. The first-order chi connectivity index (χ1) is 16.3. The van der Waals surface area contributed by atoms with Crippen LogP contribution in [-0.4, -0.2) is 44.7 Å². The van der Waals surface area contributed by atoms with E-state index < -0.39 is 28.7 Å². The molecule has 1 aromatic heterocycles. The number of aromatic nitrogens is 1. The molecule has 2 amide bonds. The normalized spacial score (nSPS) is 16.9. The van der Waals surface area contributed by atoms with E-state index in [9.17, 15) is 19.5 Å². The Bertz CT molecular complexity index is 997. The Morgan fingerprint density at radius 3 is 2.31 bits per heavy atom. The molecule has 3 unspecified atom stereocenters. The highest BCUT2D eigenvalue weighted by atomic mass is 35.5. The van der Waals surface area contributed by atoms with Gasteiger partial charge in [0.15, 0.2) is 0 Å². The molecule has 9 heteroatoms. The van der Waals surface area contributed by atoms with Gasteiger partial charge in [0.05, 0.1) is 5.25 Å². The summed E-state index contributed by atoms with van der Waals surface area (Å²) in [4.78, 5) is 42.2. The Kier molecular flexibility index (Phi) is 10.6. The van der Waals surface area contributed by atoms with Crippen LogP contribution in [0, 0.1) is 5.92 Å². The smallest absolute Gasteiger partial charge is 0.326 e. The quantitative estimate of drug-likeness (QED) is 0.354. The predicted octanol–water partition coefficient (Wildman–Crippen LogP) is 4.06. The molecular weight excluding hydrogens is 486 g/mol. The minimum Gasteiger partial charge on any atom is -0.480 e. The molecule has 35 heavy (non-hydrogen) atoms. The van der Waals surface area contributed by atoms with Crippen LogP contribution in [-0.2, 0) is 20.8 Å². The van der Waals surface area contributed by atoms with Crippen molar-refractivity contribution < 1.29 is 19.5 Å². The van der Waals surface area contributed by atoms with Gasteiger partial charge in [-0.05, 0) is 41.5 Å². The van der Waals surface area contributed by atoms with Gasteiger partial charge in [-0.3, -0.25) is 14.6 Å². The van der Waals surface area contributed by atoms with Gasteiger partial charge in [-0.15, -0.1) is 12.4 Å². The maximum atomic E-state index is 13.3. The third-order valence-corrected chi connectivity index (χ3v) is 7.44. The molecule has 0 bridgehead atoms. The summed E-state index contributed by atoms with van der Waals surface area (Å²) >= 11 is 4.44. The minimum absolute atomic E-state index is 0. The second-order valence-electron chi connectivity index (χ2n) is 9.12. The number of nitrogens with zero attached hydrogens (tertiary/aromatic N) is 1. The van der Waals surface area contributed by atoms with Gasteiger partial charge in [0.2, 0.25) is 11.8 Å². The summed E-state index contributed by atoms with van der Waals surface area (Å²) < 4.78 is 0. The molecule has 3 N–H and O–H groups in total. The third-order valence-electron chi connectivity index (χ3n) is 6.70. The lowest BCUT2D eigenvalue weighted by molar-refractivity contribution is -0.143. The fourth-order valence-electron chi connectivity index (χ4n) is 4.28. The number of aliphatic carboxylic acids is 1. The average molecular weight is 520 g/mol. The van der Waals surface area contributed by atoms with E-state index in [2.05, 4.69) is 28.2 Å². The second kappa shape index (κ2) is 12.9. The fourth-order valence-corrected chi connectivity index (χ4v) is 4.55. The Hall–Kier alpha value is -2.58. The lowest BCUT2D eigenvalue weighted by Gasteiger charge is -2.32. The van der Waals surface area contributed by atoms with Crippen LogP contribution in [0.15, 0.2) is 48.8 Å². The molecule has 1 aromatic carbocycles. The molecule has 1 aliphatic rings. The van der Waals surface area contributed by atoms with E-state index in [1.54, 1.807) is 12.4 Å². The Morgan fingerprint density at radius 2 is 1.77 bits per heavy atom. The topological polar surface area (TPSA) is 108 Å². The number of thiol groups is 1. The number of amides is 2. The van der Waals surface area contributed by atoms with Gasteiger partial charge >= 0.3 is 5.97 Å². The standard InChI is InChI=1S/C26H33N3O4S.ClH/c1-3-17(2)22(34)23(30)29-26(12-4-5-13-26)25(33)28-21(24(31)32)15-18-8-10-19(11-9-18)20-7-6-14-27-16-20;/h6-11,14,16-17,21-22,34H,3-5,12-13,15H2,1-2H3,(H,28,33)(H,29,30)(H,31,32);1H. The highest BCUT2D eigenvalue weighted by Crippen LogP contribution is 2.31. The van der Waals surface area contributed by atoms with Gasteiger partial charge in [0, 0.05) is 18.8 Å². The Labute approximate surface area is 218 Å². The van der Waals surface area contributed by atoms with Crippen molar-refractivity contribution in [3.63, 3.8) is 0 Å². The third kappa shape index (κ3) is 7.21. The number of rotatable bonds is 10. The monoisotopic (exact) mass is 519 g/mol. The average Bonchev–Trinajstić information content (AvgIpc) is 3.33. The molecule has 2 aromatic rings. The summed E-state index contributed by atoms with van der Waals surface area (Å²) in [5.74, 6) is -1.78. The summed E-state index contributed by atoms with van der Waals surface area (Å²) in [6.45, 7) is 3.93. The molecule has 1 aliphatic carbocycles. The first-order valence-corrected chi connectivity index (χ1v) is 12.3. The molecule has 3 rings (SSSR count). The van der Waals surface area contributed by atoms with E-state index >= 15 is 0 Å². The zero-order valence-corrected chi connectivity index (χ0v) is 21.8. The van der Waals surface area contributed by atoms with Gasteiger partial charge in [-0.25, -0.2) is 4.79 Å². The van der Waals surface area contributed by atoms with E-state index in [4.69, 9.17) is 0 Å². The van der Waals surface area contributed by atoms with E-state index in [-0.39, 0.29) is 30.7 Å². The van der Waals surface area contributed by atoms with Crippen molar-refractivity contribution in [1.82, 2.24) is 15.6 Å². The summed E-state index contributed by atoms with van der Waals surface area (Å²) in [6.07, 6.45) is 6.96. The summed E-state index contributed by atoms with van der Waals surface area (Å²) in [5, 5.41) is 14.9. The molecule has 7 nitrogen and oxygen atoms in total. The molecule has 0 aliphatic heterocycles. The number of carbonyl (C=O) groups excluding carboxylic acids is 2. The Morgan fingerprint density at radius 1 is 1.11 bits per heavy atom. The van der Waals surface area contributed by atoms with E-state index in [1.165, 1.54) is 0 Å². The summed E-state index contributed by atoms with van der Waals surface area (Å²) in [5.41, 5.74) is 1.64. The highest BCUT2D eigenvalue weighted by molar-refractivity contribution is 7.81. The SMILES string of the molecule is CCC(C)C(S)C(=O)NC1(C(=O)NC(Cc2ccc(-c3cccnc3)cc2)C(=O)O)CCCC1.Cl. The number of hydrogen-bond acceptors (Lipinski definition) is 5. The number of carbonyl (C=O) groups is 3. The number of nitrogens with one attached hydrogen (secondary N) is 2. The van der Waals surface area contributed by atoms with E-state index in [0.29, 0.717) is 12.8 Å². The lowest BCUT2D eigenvalue weighted by Crippen LogP contribution is -2.61. The van der Waals surface area contributed by atoms with Crippen molar-refractivity contribution >= 4 is 42.8 Å². The molecular formula is C26H34ClN3O4S. The van der Waals surface area contributed by atoms with Crippen molar-refractivity contribution in [2.24, 2.45) is 5.92 Å². The maximum Gasteiger partial charge on any atom is 0.326 e. The maximum absolute atomic E-state index is 13.3. The van der Waals surface area contributed by atoms with Crippen LogP contribution in [0.2, 0.25) is 0 Å². The number of carboxylic acid groups (broad SMARTS) is 1. The van der Waals surface area contributed by atoms with Crippen LogP contribution in [0.3, 0.4) is 0 Å². The lowest BCUT2D eigenvalue weighted by atomic mass is 9.93. The molecule has 0 spiro atoms. The zero-order chi connectivity index (χ0) is 24.7. The van der Waals surface area contributed by atoms with Crippen molar-refractivity contribution in [2.75, 3.05) is 0 Å². The van der Waals surface area contributed by atoms with Crippen LogP contribution in [0.4, 0.5) is 0 Å². The second-order valence-corrected chi connectivity index (χ2v) is 9.67. The highest BCUT2D eigenvalue weighted by Gasteiger charge is 2.44. The summed E-state index contributed by atoms with van der Waals surface area (Å²) in [7, 11) is 0. The number of halogens is 1. The number of carboxylic acids is 1. The molecule has 0 saturated heterocycles. The van der Waals surface area contributed by atoms with Crippen LogP contribution in [0.1, 0.15) is 51.5 Å². The fraction of sp³-hybridized carbons (Fsp3) is 0.462. The van der Waals surface area contributed by atoms with Crippen LogP contribution >= 0.6 is 25.0 Å². The van der Waals surface area contributed by atoms with Crippen LogP contribution in [0.25, 0.3) is 11.1 Å². The van der Waals surface area contributed by atoms with E-state index in [0.717, 1.165) is 36.0 Å². The molecule has 1 fully saturated rings. The van der Waals surface area contributed by atoms with Crippen LogP contribution in [0.5, 0.6) is 0 Å². The first-order valence-electron chi connectivity index (χ1n) is 11.8. The van der Waals surface area contributed by atoms with Gasteiger partial charge < -0.3 is 15.7 Å². The minimum atomic E-state index is -1.11. The van der Waals surface area contributed by atoms with Gasteiger partial charge in [-0.1, -0.05) is 63.4 Å². The van der Waals surface area contributed by atoms with Gasteiger partial charge in [0.25, 0.3) is 0 Å². The van der Waals surface area contributed by atoms with Crippen molar-refractivity contribution in [2.45, 2.75) is 69.2 Å². The van der Waals surface area contributed by atoms with Crippen molar-refractivity contribution in [3.8, 4) is 11.1 Å². The molecule has 3 atom stereocenters. The zero-order valence-electron chi connectivity index (χ0n) is 20.1. The van der Waals surface area contributed by atoms with Crippen molar-refractivity contribution in [1.29, 1.82) is 0 Å². The summed E-state index contributed by atoms with van der Waals surface area (Å²) in [6, 6.07) is 10.2. The Balaban J connectivity index is 0.00000432. The van der Waals surface area contributed by atoms with Crippen molar-refractivity contribution in [3.05, 3.63) is 54.4 Å². The first kappa shape index (κ1) is 28.7. The largest absolute Gasteiger partial charge is 0.480 e. The molecule has 190 valence electrons. The molecule has 1 heterocycles. The van der Waals surface area contributed by atoms with Gasteiger partial charge in [-0.2, -0.15) is 12.6 Å². The van der Waals surface area contributed by atoms with E-state index in [1.807, 2.05) is 50.2 Å². The van der Waals surface area contributed by atoms with Crippen LogP contribution < -0.4 is 10.6 Å².